The first kappa shape index (κ1) is 17.9. The number of hydrogen-bond donors (Lipinski definition) is 2. The maximum absolute atomic E-state index is 12.2. The van der Waals surface area contributed by atoms with E-state index in [2.05, 4.69) is 25.8 Å². The van der Waals surface area contributed by atoms with Crippen LogP contribution in [0.2, 0.25) is 0 Å². The Morgan fingerprint density at radius 2 is 1.63 bits per heavy atom. The number of anilines is 1. The van der Waals surface area contributed by atoms with Crippen LogP contribution in [0.3, 0.4) is 0 Å². The minimum absolute atomic E-state index is 0.249. The van der Waals surface area contributed by atoms with Crippen LogP contribution >= 0.6 is 0 Å². The van der Waals surface area contributed by atoms with Gasteiger partial charge < -0.3 is 5.32 Å². The van der Waals surface area contributed by atoms with Crippen molar-refractivity contribution in [3.8, 4) is 0 Å². The van der Waals surface area contributed by atoms with Crippen molar-refractivity contribution in [2.45, 2.75) is 6.92 Å². The van der Waals surface area contributed by atoms with Gasteiger partial charge in [0.1, 0.15) is 0 Å². The summed E-state index contributed by atoms with van der Waals surface area (Å²) in [7, 11) is 0. The van der Waals surface area contributed by atoms with Crippen LogP contribution in [0, 0.1) is 0 Å². The summed E-state index contributed by atoms with van der Waals surface area (Å²) in [5.74, 6) is -0.571. The number of nitrogens with one attached hydrogen (secondary N) is 2. The highest BCUT2D eigenvalue weighted by Gasteiger charge is 2.08. The number of hydrogen-bond acceptors (Lipinski definition) is 5. The Kier molecular flexibility index (Phi) is 5.64. The second kappa shape index (κ2) is 8.48. The molecule has 2 N–H and O–H groups in total. The van der Waals surface area contributed by atoms with Crippen LogP contribution in [-0.2, 0) is 0 Å². The molecule has 0 aliphatic carbocycles. The molecule has 3 rings (SSSR count). The molecule has 1 aromatic carbocycles. The zero-order valence-electron chi connectivity index (χ0n) is 14.6. The molecule has 134 valence electrons. The number of pyridine rings is 2. The van der Waals surface area contributed by atoms with E-state index in [-0.39, 0.29) is 11.8 Å². The molecule has 0 aliphatic rings. The molecule has 2 aromatic heterocycles. The number of hydrazone groups is 1. The summed E-state index contributed by atoms with van der Waals surface area (Å²) >= 11 is 0. The first-order valence-corrected chi connectivity index (χ1v) is 8.20. The van der Waals surface area contributed by atoms with Crippen molar-refractivity contribution >= 4 is 23.2 Å². The molecule has 2 heterocycles. The van der Waals surface area contributed by atoms with Crippen LogP contribution in [0.4, 0.5) is 5.69 Å². The average Bonchev–Trinajstić information content (AvgIpc) is 2.73. The minimum Gasteiger partial charge on any atom is -0.322 e. The van der Waals surface area contributed by atoms with E-state index in [1.54, 1.807) is 68.0 Å². The summed E-state index contributed by atoms with van der Waals surface area (Å²) in [6.45, 7) is 1.77. The molecule has 0 unspecified atom stereocenters. The maximum Gasteiger partial charge on any atom is 0.271 e. The van der Waals surface area contributed by atoms with E-state index in [0.717, 1.165) is 5.56 Å². The van der Waals surface area contributed by atoms with Crippen LogP contribution in [0.1, 0.15) is 33.2 Å². The first-order valence-electron chi connectivity index (χ1n) is 8.20. The van der Waals surface area contributed by atoms with Crippen molar-refractivity contribution in [2.75, 3.05) is 5.32 Å². The van der Waals surface area contributed by atoms with Crippen LogP contribution in [0.25, 0.3) is 0 Å². The topological polar surface area (TPSA) is 96.3 Å². The van der Waals surface area contributed by atoms with E-state index in [9.17, 15) is 9.59 Å². The predicted molar refractivity (Wildman–Crippen MR) is 103 cm³/mol. The zero-order valence-corrected chi connectivity index (χ0v) is 14.6. The minimum atomic E-state index is -0.321. The Morgan fingerprint density at radius 3 is 2.37 bits per heavy atom. The molecule has 2 amide bonds. The number of carbonyl (C=O) groups is 2. The SMILES string of the molecule is C/C(=N\NC(=O)c1ccncc1)c1cccc(NC(=O)c2cccnc2)c1. The summed E-state index contributed by atoms with van der Waals surface area (Å²) in [5.41, 5.74) is 5.45. The van der Waals surface area contributed by atoms with Gasteiger partial charge in [0.15, 0.2) is 0 Å². The van der Waals surface area contributed by atoms with Gasteiger partial charge in [-0.1, -0.05) is 12.1 Å². The molecule has 0 atom stereocenters. The summed E-state index contributed by atoms with van der Waals surface area (Å²) in [6, 6.07) is 13.8. The Labute approximate surface area is 156 Å². The molecule has 3 aromatic rings. The van der Waals surface area contributed by atoms with Crippen molar-refractivity contribution < 1.29 is 9.59 Å². The van der Waals surface area contributed by atoms with Gasteiger partial charge >= 0.3 is 0 Å². The summed E-state index contributed by atoms with van der Waals surface area (Å²) in [5, 5.41) is 6.94. The molecule has 7 heteroatoms. The van der Waals surface area contributed by atoms with Crippen LogP contribution in [0.15, 0.2) is 78.4 Å². The third-order valence-electron chi connectivity index (χ3n) is 3.73. The number of carbonyl (C=O) groups excluding carboxylic acids is 2. The molecular formula is C20H17N5O2. The maximum atomic E-state index is 12.2. The van der Waals surface area contributed by atoms with Crippen molar-refractivity contribution in [1.29, 1.82) is 0 Å². The zero-order chi connectivity index (χ0) is 19.1. The highest BCUT2D eigenvalue weighted by atomic mass is 16.2. The lowest BCUT2D eigenvalue weighted by molar-refractivity contribution is 0.0954. The molecule has 27 heavy (non-hydrogen) atoms. The number of rotatable bonds is 5. The van der Waals surface area contributed by atoms with Crippen LogP contribution in [0.5, 0.6) is 0 Å². The molecule has 0 saturated carbocycles. The second-order valence-corrected chi connectivity index (χ2v) is 5.65. The van der Waals surface area contributed by atoms with Gasteiger partial charge in [0, 0.05) is 36.0 Å². The average molecular weight is 359 g/mol. The van der Waals surface area contributed by atoms with E-state index < -0.39 is 0 Å². The van der Waals surface area contributed by atoms with Crippen molar-refractivity contribution in [3.63, 3.8) is 0 Å². The fraction of sp³-hybridized carbons (Fsp3) is 0.0500. The fourth-order valence-corrected chi connectivity index (χ4v) is 2.29. The Hall–Kier alpha value is -3.87. The van der Waals surface area contributed by atoms with E-state index in [0.29, 0.717) is 22.5 Å². The van der Waals surface area contributed by atoms with Gasteiger partial charge in [0.2, 0.25) is 0 Å². The lowest BCUT2D eigenvalue weighted by Crippen LogP contribution is -2.19. The fourth-order valence-electron chi connectivity index (χ4n) is 2.29. The Morgan fingerprint density at radius 1 is 0.852 bits per heavy atom. The molecule has 0 fully saturated rings. The van der Waals surface area contributed by atoms with Crippen LogP contribution in [-0.4, -0.2) is 27.5 Å². The number of benzene rings is 1. The molecule has 0 saturated heterocycles. The third-order valence-corrected chi connectivity index (χ3v) is 3.73. The predicted octanol–water partition coefficient (Wildman–Crippen LogP) is 2.88. The normalized spacial score (nSPS) is 10.9. The molecule has 0 spiro atoms. The summed E-state index contributed by atoms with van der Waals surface area (Å²) in [4.78, 5) is 32.1. The lowest BCUT2D eigenvalue weighted by Gasteiger charge is -2.08. The van der Waals surface area contributed by atoms with Gasteiger partial charge in [-0.2, -0.15) is 5.10 Å². The molecule has 0 radical (unpaired) electrons. The van der Waals surface area contributed by atoms with Gasteiger partial charge in [-0.3, -0.25) is 19.6 Å². The lowest BCUT2D eigenvalue weighted by atomic mass is 10.1. The third kappa shape index (κ3) is 4.82. The Balaban J connectivity index is 1.69. The van der Waals surface area contributed by atoms with Crippen molar-refractivity contribution in [2.24, 2.45) is 5.10 Å². The van der Waals surface area contributed by atoms with Gasteiger partial charge in [0.25, 0.3) is 11.8 Å². The van der Waals surface area contributed by atoms with Crippen molar-refractivity contribution in [1.82, 2.24) is 15.4 Å². The molecule has 0 bridgehead atoms. The second-order valence-electron chi connectivity index (χ2n) is 5.65. The highest BCUT2D eigenvalue weighted by Crippen LogP contribution is 2.13. The van der Waals surface area contributed by atoms with Gasteiger partial charge in [-0.05, 0) is 48.9 Å². The van der Waals surface area contributed by atoms with Crippen LogP contribution < -0.4 is 10.7 Å². The largest absolute Gasteiger partial charge is 0.322 e. The standard InChI is InChI=1S/C20H17N5O2/c1-14(24-25-20(27)15-7-10-21-11-8-15)16-4-2-6-18(12-16)23-19(26)17-5-3-9-22-13-17/h2-13H,1H3,(H,23,26)(H,25,27)/b24-14+. The quantitative estimate of drug-likeness (QED) is 0.541. The Bertz CT molecular complexity index is 972. The highest BCUT2D eigenvalue weighted by molar-refractivity contribution is 6.05. The van der Waals surface area contributed by atoms with E-state index >= 15 is 0 Å². The monoisotopic (exact) mass is 359 g/mol. The number of aromatic nitrogens is 2. The number of nitrogens with zero attached hydrogens (tertiary/aromatic N) is 3. The molecule has 7 nitrogen and oxygen atoms in total. The molecule has 0 aliphatic heterocycles. The number of amides is 2. The van der Waals surface area contributed by atoms with E-state index in [1.165, 1.54) is 6.20 Å². The van der Waals surface area contributed by atoms with Gasteiger partial charge in [0.05, 0.1) is 11.3 Å². The summed E-state index contributed by atoms with van der Waals surface area (Å²) in [6.07, 6.45) is 6.19. The van der Waals surface area contributed by atoms with E-state index in [1.807, 2.05) is 6.07 Å². The first-order chi connectivity index (χ1) is 13.1. The van der Waals surface area contributed by atoms with E-state index in [4.69, 9.17) is 0 Å². The smallest absolute Gasteiger partial charge is 0.271 e. The van der Waals surface area contributed by atoms with Gasteiger partial charge in [-0.25, -0.2) is 5.43 Å². The van der Waals surface area contributed by atoms with Crippen molar-refractivity contribution in [3.05, 3.63) is 90.0 Å². The van der Waals surface area contributed by atoms with Gasteiger partial charge in [-0.15, -0.1) is 0 Å². The molecular weight excluding hydrogens is 342 g/mol. The summed E-state index contributed by atoms with van der Waals surface area (Å²) < 4.78 is 0.